The van der Waals surface area contributed by atoms with E-state index in [0.29, 0.717) is 36.4 Å². The second-order valence-electron chi connectivity index (χ2n) is 5.61. The zero-order chi connectivity index (χ0) is 18.1. The van der Waals surface area contributed by atoms with Crippen LogP contribution in [0.25, 0.3) is 0 Å². The Kier molecular flexibility index (Phi) is 6.98. The lowest BCUT2D eigenvalue weighted by Gasteiger charge is -2.22. The summed E-state index contributed by atoms with van der Waals surface area (Å²) in [6, 6.07) is 15.8. The average Bonchev–Trinajstić information content (AvgIpc) is 2.64. The van der Waals surface area contributed by atoms with Crippen molar-refractivity contribution in [1.82, 2.24) is 5.32 Å². The van der Waals surface area contributed by atoms with Crippen LogP contribution in [0.3, 0.4) is 0 Å². The van der Waals surface area contributed by atoms with E-state index in [4.69, 9.17) is 10.8 Å². The number of rotatable bonds is 7. The highest BCUT2D eigenvalue weighted by Gasteiger charge is 2.24. The number of nitrogens with zero attached hydrogens (tertiary/aromatic N) is 1. The Labute approximate surface area is 147 Å². The molecule has 132 valence electrons. The zero-order valence-electron chi connectivity index (χ0n) is 14.0. The predicted octanol–water partition coefficient (Wildman–Crippen LogP) is 2.21. The normalized spacial score (nSPS) is 10.3. The van der Waals surface area contributed by atoms with Crippen LogP contribution in [0.4, 0.5) is 17.1 Å². The third-order valence-electron chi connectivity index (χ3n) is 3.68. The number of amides is 2. The number of aliphatic hydroxyl groups excluding tert-OH is 1. The molecule has 0 fully saturated rings. The Balaban J connectivity index is 2.13. The van der Waals surface area contributed by atoms with Crippen molar-refractivity contribution in [2.45, 2.75) is 19.3 Å². The second kappa shape index (κ2) is 9.44. The molecule has 0 heterocycles. The maximum atomic E-state index is 12.7. The van der Waals surface area contributed by atoms with Gasteiger partial charge in [0, 0.05) is 30.2 Å². The first-order valence-corrected chi connectivity index (χ1v) is 8.27. The highest BCUT2D eigenvalue weighted by Crippen LogP contribution is 2.26. The van der Waals surface area contributed by atoms with Gasteiger partial charge in [0.25, 0.3) is 0 Å². The summed E-state index contributed by atoms with van der Waals surface area (Å²) in [5.41, 5.74) is 7.46. The first-order chi connectivity index (χ1) is 12.1. The molecule has 0 atom stereocenters. The van der Waals surface area contributed by atoms with E-state index in [2.05, 4.69) is 5.32 Å². The van der Waals surface area contributed by atoms with Crippen LogP contribution in [0.15, 0.2) is 54.6 Å². The van der Waals surface area contributed by atoms with Gasteiger partial charge in [-0.25, -0.2) is 0 Å². The molecule has 2 aromatic carbocycles. The molecule has 0 aliphatic carbocycles. The van der Waals surface area contributed by atoms with Crippen molar-refractivity contribution < 1.29 is 14.7 Å². The van der Waals surface area contributed by atoms with Crippen LogP contribution in [0.1, 0.15) is 19.3 Å². The number of hydrogen-bond donors (Lipinski definition) is 3. The minimum atomic E-state index is -0.662. The van der Waals surface area contributed by atoms with E-state index in [1.165, 1.54) is 4.90 Å². The number of anilines is 3. The average molecular weight is 341 g/mol. The predicted molar refractivity (Wildman–Crippen MR) is 98.4 cm³/mol. The summed E-state index contributed by atoms with van der Waals surface area (Å²) in [7, 11) is 0. The lowest BCUT2D eigenvalue weighted by molar-refractivity contribution is -0.137. The van der Waals surface area contributed by atoms with Gasteiger partial charge in [0.05, 0.1) is 0 Å². The van der Waals surface area contributed by atoms with Crippen molar-refractivity contribution in [3.63, 3.8) is 0 Å². The molecule has 6 heteroatoms. The molecule has 4 N–H and O–H groups in total. The molecule has 2 amide bonds. The first-order valence-electron chi connectivity index (χ1n) is 8.27. The van der Waals surface area contributed by atoms with Crippen LogP contribution in [-0.4, -0.2) is 30.1 Å². The molecule has 0 aliphatic heterocycles. The van der Waals surface area contributed by atoms with Gasteiger partial charge in [0.2, 0.25) is 0 Å². The molecular weight excluding hydrogens is 318 g/mol. The van der Waals surface area contributed by atoms with Gasteiger partial charge < -0.3 is 16.2 Å². The number of nitrogens with one attached hydrogen (secondary N) is 1. The van der Waals surface area contributed by atoms with Crippen molar-refractivity contribution >= 4 is 28.9 Å². The molecule has 0 aromatic heterocycles. The number of benzene rings is 2. The first kappa shape index (κ1) is 18.5. The van der Waals surface area contributed by atoms with Crippen LogP contribution in [0.5, 0.6) is 0 Å². The number of carbonyl (C=O) groups excluding carboxylic acids is 2. The Morgan fingerprint density at radius 2 is 1.56 bits per heavy atom. The second-order valence-corrected chi connectivity index (χ2v) is 5.61. The van der Waals surface area contributed by atoms with E-state index in [0.717, 1.165) is 6.42 Å². The summed E-state index contributed by atoms with van der Waals surface area (Å²) in [5, 5.41) is 11.4. The number of hydrogen-bond acceptors (Lipinski definition) is 4. The van der Waals surface area contributed by atoms with Gasteiger partial charge in [0.15, 0.2) is 0 Å². The molecule has 0 saturated carbocycles. The van der Waals surface area contributed by atoms with Crippen LogP contribution in [0.2, 0.25) is 0 Å². The molecule has 0 radical (unpaired) electrons. The monoisotopic (exact) mass is 341 g/mol. The van der Waals surface area contributed by atoms with Crippen LogP contribution >= 0.6 is 0 Å². The number of unbranched alkanes of at least 4 members (excludes halogenated alkanes) is 2. The van der Waals surface area contributed by atoms with Gasteiger partial charge in [-0.05, 0) is 55.7 Å². The Morgan fingerprint density at radius 1 is 0.920 bits per heavy atom. The molecule has 0 unspecified atom stereocenters. The molecular formula is C19H23N3O3. The van der Waals surface area contributed by atoms with Crippen molar-refractivity contribution in [3.8, 4) is 0 Å². The fourth-order valence-corrected chi connectivity index (χ4v) is 2.38. The number of para-hydroxylation sites is 1. The van der Waals surface area contributed by atoms with Crippen LogP contribution in [0, 0.1) is 0 Å². The number of carbonyl (C=O) groups is 2. The summed E-state index contributed by atoms with van der Waals surface area (Å²) in [6.07, 6.45) is 2.20. The summed E-state index contributed by atoms with van der Waals surface area (Å²) in [4.78, 5) is 26.3. The summed E-state index contributed by atoms with van der Waals surface area (Å²) < 4.78 is 0. The lowest BCUT2D eigenvalue weighted by atomic mass is 10.2. The van der Waals surface area contributed by atoms with Crippen molar-refractivity contribution in [3.05, 3.63) is 54.6 Å². The molecule has 2 aromatic rings. The summed E-state index contributed by atoms with van der Waals surface area (Å²) >= 11 is 0. The van der Waals surface area contributed by atoms with E-state index >= 15 is 0 Å². The third kappa shape index (κ3) is 5.32. The van der Waals surface area contributed by atoms with Gasteiger partial charge in [-0.2, -0.15) is 0 Å². The van der Waals surface area contributed by atoms with E-state index in [1.54, 1.807) is 48.5 Å². The summed E-state index contributed by atoms with van der Waals surface area (Å²) in [5.74, 6) is -1.32. The third-order valence-corrected chi connectivity index (χ3v) is 3.68. The van der Waals surface area contributed by atoms with Crippen molar-refractivity contribution in [2.24, 2.45) is 0 Å². The molecule has 0 saturated heterocycles. The van der Waals surface area contributed by atoms with Crippen LogP contribution in [-0.2, 0) is 9.59 Å². The highest BCUT2D eigenvalue weighted by molar-refractivity contribution is 6.42. The Bertz CT molecular complexity index is 687. The number of nitrogen functional groups attached to an aromatic ring is 1. The number of nitrogens with two attached hydrogens (primary N) is 1. The van der Waals surface area contributed by atoms with Gasteiger partial charge in [0.1, 0.15) is 0 Å². The smallest absolute Gasteiger partial charge is 0.320 e. The molecule has 0 spiro atoms. The van der Waals surface area contributed by atoms with Crippen LogP contribution < -0.4 is 16.0 Å². The van der Waals surface area contributed by atoms with Gasteiger partial charge in [-0.3, -0.25) is 14.5 Å². The molecule has 0 aliphatic rings. The largest absolute Gasteiger partial charge is 0.399 e. The molecule has 2 rings (SSSR count). The zero-order valence-corrected chi connectivity index (χ0v) is 14.0. The van der Waals surface area contributed by atoms with E-state index in [1.807, 2.05) is 6.07 Å². The van der Waals surface area contributed by atoms with Gasteiger partial charge in [-0.1, -0.05) is 18.2 Å². The fourth-order valence-electron chi connectivity index (χ4n) is 2.38. The van der Waals surface area contributed by atoms with E-state index in [-0.39, 0.29) is 6.61 Å². The molecule has 0 bridgehead atoms. The molecule has 25 heavy (non-hydrogen) atoms. The van der Waals surface area contributed by atoms with Crippen molar-refractivity contribution in [1.29, 1.82) is 0 Å². The minimum absolute atomic E-state index is 0.131. The number of aliphatic hydroxyl groups is 1. The Hall–Kier alpha value is -2.86. The topological polar surface area (TPSA) is 95.7 Å². The van der Waals surface area contributed by atoms with E-state index in [9.17, 15) is 9.59 Å². The summed E-state index contributed by atoms with van der Waals surface area (Å²) in [6.45, 7) is 0.529. The SMILES string of the molecule is Nc1ccc(N(C(=O)C(=O)NCCCCCO)c2ccccc2)cc1. The van der Waals surface area contributed by atoms with Gasteiger partial charge >= 0.3 is 11.8 Å². The van der Waals surface area contributed by atoms with E-state index < -0.39 is 11.8 Å². The lowest BCUT2D eigenvalue weighted by Crippen LogP contribution is -2.41. The maximum absolute atomic E-state index is 12.7. The highest BCUT2D eigenvalue weighted by atomic mass is 16.3. The quantitative estimate of drug-likeness (QED) is 0.409. The molecule has 6 nitrogen and oxygen atoms in total. The van der Waals surface area contributed by atoms with Gasteiger partial charge in [-0.15, -0.1) is 0 Å². The van der Waals surface area contributed by atoms with Crippen molar-refractivity contribution in [2.75, 3.05) is 23.8 Å². The standard InChI is InChI=1S/C19H23N3O3/c20-15-9-11-17(12-10-15)22(16-7-3-1-4-8-16)19(25)18(24)21-13-5-2-6-14-23/h1,3-4,7-12,23H,2,5-6,13-14,20H2,(H,21,24). The minimum Gasteiger partial charge on any atom is -0.399 e. The Morgan fingerprint density at radius 3 is 2.20 bits per heavy atom. The maximum Gasteiger partial charge on any atom is 0.320 e. The fraction of sp³-hybridized carbons (Fsp3) is 0.263.